The molecular formula is C13H15N3O5. The topological polar surface area (TPSA) is 121 Å². The number of aryl methyl sites for hydroxylation is 1. The number of hydrogen-bond donors (Lipinski definition) is 2. The van der Waals surface area contributed by atoms with Gasteiger partial charge in [0.15, 0.2) is 5.75 Å². The Labute approximate surface area is 119 Å². The number of nitrogens with zero attached hydrogens (tertiary/aromatic N) is 2. The lowest BCUT2D eigenvalue weighted by molar-refractivity contribution is -0.384. The minimum atomic E-state index is -1.16. The molecule has 1 heterocycles. The molecule has 0 bridgehead atoms. The second-order valence-corrected chi connectivity index (χ2v) is 4.68. The maximum atomic E-state index is 11.3. The van der Waals surface area contributed by atoms with Crippen molar-refractivity contribution in [2.24, 2.45) is 12.8 Å². The molecule has 0 fully saturated rings. The van der Waals surface area contributed by atoms with Crippen LogP contribution in [0.2, 0.25) is 0 Å². The third-order valence-corrected chi connectivity index (χ3v) is 3.33. The monoisotopic (exact) mass is 293 g/mol. The molecule has 112 valence electrons. The van der Waals surface area contributed by atoms with Crippen molar-refractivity contribution in [3.63, 3.8) is 0 Å². The molecule has 1 aromatic carbocycles. The van der Waals surface area contributed by atoms with E-state index in [4.69, 9.17) is 15.6 Å². The maximum absolute atomic E-state index is 11.3. The fourth-order valence-electron chi connectivity index (χ4n) is 2.36. The van der Waals surface area contributed by atoms with E-state index in [0.29, 0.717) is 16.5 Å². The van der Waals surface area contributed by atoms with Crippen LogP contribution in [0.4, 0.5) is 5.69 Å². The maximum Gasteiger partial charge on any atom is 0.320 e. The molecule has 0 radical (unpaired) electrons. The first-order chi connectivity index (χ1) is 9.86. The first-order valence-corrected chi connectivity index (χ1v) is 6.14. The van der Waals surface area contributed by atoms with Gasteiger partial charge in [-0.2, -0.15) is 0 Å². The fourth-order valence-corrected chi connectivity index (χ4v) is 2.36. The van der Waals surface area contributed by atoms with Gasteiger partial charge in [-0.05, 0) is 17.7 Å². The number of methoxy groups -OCH3 is 1. The van der Waals surface area contributed by atoms with Crippen LogP contribution in [0.1, 0.15) is 5.56 Å². The number of ether oxygens (including phenoxy) is 1. The van der Waals surface area contributed by atoms with E-state index < -0.39 is 16.9 Å². The van der Waals surface area contributed by atoms with Gasteiger partial charge in [-0.25, -0.2) is 0 Å². The van der Waals surface area contributed by atoms with E-state index in [1.54, 1.807) is 23.9 Å². The number of carbonyl (C=O) groups is 1. The molecule has 1 atom stereocenters. The van der Waals surface area contributed by atoms with Gasteiger partial charge in [-0.15, -0.1) is 0 Å². The summed E-state index contributed by atoms with van der Waals surface area (Å²) in [4.78, 5) is 21.7. The number of hydrogen-bond acceptors (Lipinski definition) is 5. The van der Waals surface area contributed by atoms with Crippen LogP contribution in [0.3, 0.4) is 0 Å². The Bertz CT molecular complexity index is 722. The van der Waals surface area contributed by atoms with E-state index >= 15 is 0 Å². The first kappa shape index (κ1) is 14.8. The van der Waals surface area contributed by atoms with Crippen molar-refractivity contribution >= 4 is 22.6 Å². The lowest BCUT2D eigenvalue weighted by Gasteiger charge is -2.07. The summed E-state index contributed by atoms with van der Waals surface area (Å²) in [6.07, 6.45) is 1.65. The Balaban J connectivity index is 2.71. The lowest BCUT2D eigenvalue weighted by Crippen LogP contribution is -2.32. The number of benzene rings is 1. The van der Waals surface area contributed by atoms with Crippen molar-refractivity contribution in [2.75, 3.05) is 7.11 Å². The van der Waals surface area contributed by atoms with Crippen molar-refractivity contribution in [3.05, 3.63) is 34.0 Å². The molecule has 8 heteroatoms. The van der Waals surface area contributed by atoms with Crippen LogP contribution in [0.5, 0.6) is 5.75 Å². The lowest BCUT2D eigenvalue weighted by atomic mass is 10.0. The summed E-state index contributed by atoms with van der Waals surface area (Å²) in [5.74, 6) is -1.03. The zero-order valence-electron chi connectivity index (χ0n) is 11.6. The number of nitro groups is 1. The normalized spacial score (nSPS) is 12.3. The molecule has 2 rings (SSSR count). The standard InChI is InChI=1S/C13H15N3O5/c1-15-6-7(5-8(14)13(17)18)11-9(15)3-4-10(21-2)12(11)16(19)20/h3-4,6,8H,5,14H2,1-2H3,(H,17,18). The number of aromatic nitrogens is 1. The largest absolute Gasteiger partial charge is 0.490 e. The molecule has 1 aromatic heterocycles. The quantitative estimate of drug-likeness (QED) is 0.628. The zero-order valence-corrected chi connectivity index (χ0v) is 11.6. The van der Waals surface area contributed by atoms with Crippen LogP contribution < -0.4 is 10.5 Å². The molecule has 0 aliphatic carbocycles. The summed E-state index contributed by atoms with van der Waals surface area (Å²) >= 11 is 0. The van der Waals surface area contributed by atoms with Gasteiger partial charge in [0, 0.05) is 19.7 Å². The van der Waals surface area contributed by atoms with E-state index in [1.165, 1.54) is 13.2 Å². The van der Waals surface area contributed by atoms with Crippen molar-refractivity contribution in [1.82, 2.24) is 4.57 Å². The van der Waals surface area contributed by atoms with E-state index in [9.17, 15) is 14.9 Å². The van der Waals surface area contributed by atoms with Crippen LogP contribution >= 0.6 is 0 Å². The van der Waals surface area contributed by atoms with Gasteiger partial charge >= 0.3 is 11.7 Å². The van der Waals surface area contributed by atoms with Gasteiger partial charge < -0.3 is 20.1 Å². The number of nitrogens with two attached hydrogens (primary N) is 1. The predicted molar refractivity (Wildman–Crippen MR) is 75.4 cm³/mol. The van der Waals surface area contributed by atoms with Crippen LogP contribution in [0.25, 0.3) is 10.9 Å². The molecule has 2 aromatic rings. The fraction of sp³-hybridized carbons (Fsp3) is 0.308. The Kier molecular flexibility index (Phi) is 3.81. The summed E-state index contributed by atoms with van der Waals surface area (Å²) in [5.41, 5.74) is 6.49. The number of rotatable bonds is 5. The SMILES string of the molecule is COc1ccc2c(c(CC(N)C(=O)O)cn2C)c1[N+](=O)[O-]. The zero-order chi connectivity index (χ0) is 15.7. The average molecular weight is 293 g/mol. The van der Waals surface area contributed by atoms with E-state index in [1.807, 2.05) is 0 Å². The average Bonchev–Trinajstić information content (AvgIpc) is 2.74. The van der Waals surface area contributed by atoms with Crippen LogP contribution in [0.15, 0.2) is 18.3 Å². The summed E-state index contributed by atoms with van der Waals surface area (Å²) < 4.78 is 6.73. The van der Waals surface area contributed by atoms with Gasteiger partial charge in [0.1, 0.15) is 6.04 Å². The van der Waals surface area contributed by atoms with Crippen molar-refractivity contribution < 1.29 is 19.6 Å². The van der Waals surface area contributed by atoms with E-state index in [-0.39, 0.29) is 17.9 Å². The molecule has 1 unspecified atom stereocenters. The van der Waals surface area contributed by atoms with Crippen LogP contribution in [-0.2, 0) is 18.3 Å². The third-order valence-electron chi connectivity index (χ3n) is 3.33. The Hall–Kier alpha value is -2.61. The van der Waals surface area contributed by atoms with E-state index in [0.717, 1.165) is 0 Å². The number of fused-ring (bicyclic) bond motifs is 1. The summed E-state index contributed by atoms with van der Waals surface area (Å²) in [6, 6.07) is 2.08. The highest BCUT2D eigenvalue weighted by molar-refractivity contribution is 5.95. The Morgan fingerprint density at radius 3 is 2.76 bits per heavy atom. The number of aliphatic carboxylic acids is 1. The molecule has 3 N–H and O–H groups in total. The van der Waals surface area contributed by atoms with Gasteiger partial charge in [-0.3, -0.25) is 14.9 Å². The highest BCUT2D eigenvalue weighted by Crippen LogP contribution is 2.38. The molecule has 0 aliphatic heterocycles. The first-order valence-electron chi connectivity index (χ1n) is 6.14. The molecule has 0 saturated carbocycles. The van der Waals surface area contributed by atoms with Gasteiger partial charge in [-0.1, -0.05) is 0 Å². The van der Waals surface area contributed by atoms with Crippen LogP contribution in [-0.4, -0.2) is 33.7 Å². The molecule has 0 saturated heterocycles. The molecule has 21 heavy (non-hydrogen) atoms. The van der Waals surface area contributed by atoms with E-state index in [2.05, 4.69) is 0 Å². The third kappa shape index (κ3) is 2.52. The molecule has 0 aliphatic rings. The van der Waals surface area contributed by atoms with Crippen LogP contribution in [0, 0.1) is 10.1 Å². The molecule has 0 spiro atoms. The number of carboxylic acid groups (broad SMARTS) is 1. The minimum absolute atomic E-state index is 0.000676. The Morgan fingerprint density at radius 1 is 1.57 bits per heavy atom. The van der Waals surface area contributed by atoms with Gasteiger partial charge in [0.25, 0.3) is 0 Å². The summed E-state index contributed by atoms with van der Waals surface area (Å²) in [5, 5.41) is 20.6. The van der Waals surface area contributed by atoms with Crippen molar-refractivity contribution in [1.29, 1.82) is 0 Å². The summed E-state index contributed by atoms with van der Waals surface area (Å²) in [7, 11) is 3.08. The number of nitro benzene ring substituents is 1. The summed E-state index contributed by atoms with van der Waals surface area (Å²) in [6.45, 7) is 0. The van der Waals surface area contributed by atoms with Crippen molar-refractivity contribution in [2.45, 2.75) is 12.5 Å². The second-order valence-electron chi connectivity index (χ2n) is 4.68. The second kappa shape index (κ2) is 5.41. The Morgan fingerprint density at radius 2 is 2.24 bits per heavy atom. The van der Waals surface area contributed by atoms with Gasteiger partial charge in [0.05, 0.1) is 22.9 Å². The smallest absolute Gasteiger partial charge is 0.320 e. The molecule has 8 nitrogen and oxygen atoms in total. The number of carboxylic acids is 1. The van der Waals surface area contributed by atoms with Crippen molar-refractivity contribution in [3.8, 4) is 5.75 Å². The highest BCUT2D eigenvalue weighted by atomic mass is 16.6. The highest BCUT2D eigenvalue weighted by Gasteiger charge is 2.26. The molecule has 0 amide bonds. The van der Waals surface area contributed by atoms with Gasteiger partial charge in [0.2, 0.25) is 0 Å². The predicted octanol–water partition coefficient (Wildman–Crippen LogP) is 1.05. The minimum Gasteiger partial charge on any atom is -0.490 e. The molecular weight excluding hydrogens is 278 g/mol.